The number of carbonyl (C=O) groups excluding carboxylic acids is 2. The molecule has 3 aromatic carbocycles. The summed E-state index contributed by atoms with van der Waals surface area (Å²) >= 11 is 13.9. The third-order valence-electron chi connectivity index (χ3n) is 8.09. The number of rotatable bonds is 7. The molecule has 4 aromatic rings. The largest absolute Gasteiger partial charge is 0.463 e. The number of para-hydroxylation sites is 1. The van der Waals surface area contributed by atoms with E-state index in [4.69, 9.17) is 27.9 Å². The van der Waals surface area contributed by atoms with Gasteiger partial charge in [-0.25, -0.2) is 4.79 Å². The molecule has 2 atom stereocenters. The normalized spacial score (nSPS) is 19.2. The van der Waals surface area contributed by atoms with E-state index in [1.54, 1.807) is 17.9 Å². The summed E-state index contributed by atoms with van der Waals surface area (Å²) in [5, 5.41) is 5.47. The van der Waals surface area contributed by atoms with E-state index in [9.17, 15) is 9.59 Å². The predicted octanol–water partition coefficient (Wildman–Crippen LogP) is 8.50. The van der Waals surface area contributed by atoms with Crippen LogP contribution in [0.4, 0.5) is 0 Å². The van der Waals surface area contributed by atoms with Gasteiger partial charge in [-0.05, 0) is 60.7 Å². The number of benzene rings is 3. The topological polar surface area (TPSA) is 63.6 Å². The zero-order valence-electron chi connectivity index (χ0n) is 24.9. The molecule has 44 heavy (non-hydrogen) atoms. The molecule has 0 spiro atoms. The Morgan fingerprint density at radius 3 is 2.52 bits per heavy atom. The highest BCUT2D eigenvalue weighted by Gasteiger charge is 2.48. The number of halogens is 2. The fourth-order valence-electron chi connectivity index (χ4n) is 5.88. The summed E-state index contributed by atoms with van der Waals surface area (Å²) in [6.45, 7) is 8.79. The lowest BCUT2D eigenvalue weighted by Gasteiger charge is -2.39. The number of fused-ring (bicyclic) bond motifs is 2. The van der Waals surface area contributed by atoms with Gasteiger partial charge in [0.25, 0.3) is 5.91 Å². The maximum Gasteiger partial charge on any atom is 0.338 e. The van der Waals surface area contributed by atoms with Gasteiger partial charge in [-0.2, -0.15) is 0 Å². The Balaban J connectivity index is 1.39. The van der Waals surface area contributed by atoms with Gasteiger partial charge in [-0.3, -0.25) is 9.69 Å². The summed E-state index contributed by atoms with van der Waals surface area (Å²) in [5.74, 6) is -0.195. The summed E-state index contributed by atoms with van der Waals surface area (Å²) in [6.07, 6.45) is 4.02. The fraction of sp³-hybridized carbons (Fsp3) is 0.257. The van der Waals surface area contributed by atoms with Gasteiger partial charge in [0.1, 0.15) is 0 Å². The minimum absolute atomic E-state index is 0.138. The van der Waals surface area contributed by atoms with Crippen LogP contribution in [0.5, 0.6) is 0 Å². The van der Waals surface area contributed by atoms with Crippen molar-refractivity contribution in [3.8, 4) is 0 Å². The van der Waals surface area contributed by atoms with Gasteiger partial charge in [-0.15, -0.1) is 0 Å². The first-order valence-corrected chi connectivity index (χ1v) is 16.3. The summed E-state index contributed by atoms with van der Waals surface area (Å²) in [4.78, 5) is 29.9. The van der Waals surface area contributed by atoms with E-state index in [1.165, 1.54) is 17.3 Å². The van der Waals surface area contributed by atoms with E-state index in [-0.39, 0.29) is 18.0 Å². The van der Waals surface area contributed by atoms with Crippen molar-refractivity contribution in [3.63, 3.8) is 0 Å². The summed E-state index contributed by atoms with van der Waals surface area (Å²) in [5.41, 5.74) is 5.86. The van der Waals surface area contributed by atoms with Crippen LogP contribution in [0.25, 0.3) is 17.0 Å². The van der Waals surface area contributed by atoms with Crippen LogP contribution in [-0.2, 0) is 20.9 Å². The molecule has 0 radical (unpaired) electrons. The lowest BCUT2D eigenvalue weighted by molar-refractivity contribution is -0.140. The molecule has 1 aromatic heterocycles. The Hall–Kier alpha value is -3.65. The molecule has 1 N–H and O–H groups in total. The van der Waals surface area contributed by atoms with Crippen molar-refractivity contribution in [1.82, 2.24) is 14.8 Å². The van der Waals surface area contributed by atoms with Gasteiger partial charge in [-0.1, -0.05) is 97.3 Å². The number of nitrogens with one attached hydrogen (secondary N) is 1. The number of hydrogen-bond donors (Lipinski definition) is 1. The number of aromatic nitrogens is 1. The van der Waals surface area contributed by atoms with Gasteiger partial charge in [0.05, 0.1) is 33.2 Å². The first kappa shape index (κ1) is 30.4. The molecule has 0 bridgehead atoms. The average Bonchev–Trinajstić information content (AvgIpc) is 3.50. The van der Waals surface area contributed by atoms with Gasteiger partial charge < -0.3 is 14.6 Å². The summed E-state index contributed by atoms with van der Waals surface area (Å²) in [6, 6.07) is 21.4. The number of esters is 1. The van der Waals surface area contributed by atoms with Crippen LogP contribution in [0.2, 0.25) is 10.0 Å². The predicted molar refractivity (Wildman–Crippen MR) is 179 cm³/mol. The van der Waals surface area contributed by atoms with Crippen molar-refractivity contribution in [3.05, 3.63) is 121 Å². The fourth-order valence-corrected chi connectivity index (χ4v) is 7.41. The minimum atomic E-state index is -0.580. The van der Waals surface area contributed by atoms with Crippen LogP contribution < -0.4 is 5.32 Å². The molecule has 9 heteroatoms. The molecular weight excluding hydrogens is 613 g/mol. The summed E-state index contributed by atoms with van der Waals surface area (Å²) < 4.78 is 7.62. The highest BCUT2D eigenvalue weighted by Crippen LogP contribution is 2.47. The van der Waals surface area contributed by atoms with E-state index in [0.717, 1.165) is 27.6 Å². The number of allylic oxidation sites excluding steroid dienone is 1. The third kappa shape index (κ3) is 5.65. The molecule has 0 aliphatic carbocycles. The first-order chi connectivity index (χ1) is 21.2. The van der Waals surface area contributed by atoms with Gasteiger partial charge in [0.2, 0.25) is 0 Å². The maximum absolute atomic E-state index is 14.2. The van der Waals surface area contributed by atoms with Crippen LogP contribution in [0.3, 0.4) is 0 Å². The molecule has 2 aliphatic heterocycles. The van der Waals surface area contributed by atoms with Crippen molar-refractivity contribution in [1.29, 1.82) is 0 Å². The summed E-state index contributed by atoms with van der Waals surface area (Å²) in [7, 11) is 0. The molecule has 0 saturated carbocycles. The van der Waals surface area contributed by atoms with E-state index < -0.39 is 12.0 Å². The van der Waals surface area contributed by atoms with E-state index in [1.807, 2.05) is 49.4 Å². The van der Waals surface area contributed by atoms with Crippen LogP contribution in [-0.4, -0.2) is 33.4 Å². The smallest absolute Gasteiger partial charge is 0.338 e. The second kappa shape index (κ2) is 12.4. The van der Waals surface area contributed by atoms with Crippen LogP contribution >= 0.6 is 35.0 Å². The van der Waals surface area contributed by atoms with Crippen LogP contribution in [0, 0.1) is 0 Å². The first-order valence-electron chi connectivity index (χ1n) is 14.6. The molecule has 226 valence electrons. The zero-order chi connectivity index (χ0) is 31.1. The lowest BCUT2D eigenvalue weighted by Crippen LogP contribution is -2.49. The Morgan fingerprint density at radius 2 is 1.82 bits per heavy atom. The second-order valence-corrected chi connectivity index (χ2v) is 13.2. The number of nitrogens with zero attached hydrogens (tertiary/aromatic N) is 2. The molecule has 1 saturated heterocycles. The molecule has 3 heterocycles. The molecule has 6 nitrogen and oxygen atoms in total. The monoisotopic (exact) mass is 645 g/mol. The Kier molecular flexibility index (Phi) is 8.55. The second-order valence-electron chi connectivity index (χ2n) is 11.3. The van der Waals surface area contributed by atoms with E-state index >= 15 is 0 Å². The van der Waals surface area contributed by atoms with Crippen molar-refractivity contribution in [2.45, 2.75) is 51.7 Å². The number of ether oxygens (including phenoxy) is 1. The third-order valence-corrected chi connectivity index (χ3v) is 9.94. The highest BCUT2D eigenvalue weighted by atomic mass is 35.5. The molecular formula is C35H33Cl2N3O3S. The Morgan fingerprint density at radius 1 is 1.07 bits per heavy atom. The zero-order valence-corrected chi connectivity index (χ0v) is 27.3. The number of carbonyl (C=O) groups is 2. The quantitative estimate of drug-likeness (QED) is 0.161. The number of amides is 1. The van der Waals surface area contributed by atoms with Crippen molar-refractivity contribution in [2.75, 3.05) is 6.61 Å². The van der Waals surface area contributed by atoms with Crippen LogP contribution in [0.15, 0.2) is 89.1 Å². The average molecular weight is 647 g/mol. The maximum atomic E-state index is 14.2. The Bertz CT molecular complexity index is 1830. The van der Waals surface area contributed by atoms with Crippen molar-refractivity contribution >= 4 is 63.8 Å². The Labute approximate surface area is 271 Å². The standard InChI is InChI=1S/C35H33Cl2N3O3S/c1-5-43-34(42)31-21(4)38-35-40(32(31)24-13-11-23(12-14-24)20(2)3)33(41)30(44-35)17-25-19-39(29-9-7-6-8-26(25)29)18-22-10-15-27(36)28(37)16-22/h6-17,19-20,32,35,38H,5,18H2,1-4H3/b30-17-. The van der Waals surface area contributed by atoms with Gasteiger partial charge in [0, 0.05) is 34.9 Å². The molecule has 1 amide bonds. The molecule has 1 fully saturated rings. The lowest BCUT2D eigenvalue weighted by atomic mass is 9.91. The van der Waals surface area contributed by atoms with Crippen LogP contribution in [0.1, 0.15) is 61.9 Å². The number of hydrogen-bond acceptors (Lipinski definition) is 5. The van der Waals surface area contributed by atoms with Gasteiger partial charge in [0.15, 0.2) is 5.50 Å². The SMILES string of the molecule is CCOC(=O)C1=C(C)NC2S/C(=C\c3cn(Cc4ccc(Cl)c(Cl)c4)c4ccccc34)C(=O)N2C1c1ccc(C(C)C)cc1. The van der Waals surface area contributed by atoms with Crippen molar-refractivity contribution in [2.24, 2.45) is 0 Å². The van der Waals surface area contributed by atoms with E-state index in [2.05, 4.69) is 54.2 Å². The highest BCUT2D eigenvalue weighted by molar-refractivity contribution is 8.05. The van der Waals surface area contributed by atoms with E-state index in [0.29, 0.717) is 38.7 Å². The molecule has 2 aliphatic rings. The van der Waals surface area contributed by atoms with Gasteiger partial charge >= 0.3 is 5.97 Å². The number of thioether (sulfide) groups is 1. The minimum Gasteiger partial charge on any atom is -0.463 e. The molecule has 2 unspecified atom stereocenters. The molecule has 6 rings (SSSR count). The van der Waals surface area contributed by atoms with Crippen molar-refractivity contribution < 1.29 is 14.3 Å².